The third kappa shape index (κ3) is 7.43. The highest BCUT2D eigenvalue weighted by molar-refractivity contribution is 6.30. The number of anilines is 1. The van der Waals surface area contributed by atoms with Crippen molar-refractivity contribution in [3.8, 4) is 0 Å². The normalized spacial score (nSPS) is 17.7. The molecule has 1 heterocycles. The van der Waals surface area contributed by atoms with E-state index in [1.54, 1.807) is 24.3 Å². The van der Waals surface area contributed by atoms with Crippen LogP contribution in [0.25, 0.3) is 0 Å². The summed E-state index contributed by atoms with van der Waals surface area (Å²) in [5.41, 5.74) is 5.51. The predicted molar refractivity (Wildman–Crippen MR) is 125 cm³/mol. The molecule has 1 aliphatic rings. The maximum atomic E-state index is 12.1. The Kier molecular flexibility index (Phi) is 8.10. The summed E-state index contributed by atoms with van der Waals surface area (Å²) in [6.07, 6.45) is 13.0. The third-order valence-corrected chi connectivity index (χ3v) is 5.19. The Bertz CT molecular complexity index is 901. The van der Waals surface area contributed by atoms with E-state index in [0.29, 0.717) is 10.7 Å². The zero-order valence-electron chi connectivity index (χ0n) is 18.0. The first-order chi connectivity index (χ1) is 13.7. The van der Waals surface area contributed by atoms with Crippen LogP contribution in [0, 0.1) is 5.41 Å². The summed E-state index contributed by atoms with van der Waals surface area (Å²) in [7, 11) is 0. The highest BCUT2D eigenvalue weighted by atomic mass is 35.5. The van der Waals surface area contributed by atoms with E-state index in [4.69, 9.17) is 11.6 Å². The largest absolute Gasteiger partial charge is 0.388 e. The molecule has 3 nitrogen and oxygen atoms in total. The molecule has 0 atom stereocenters. The fourth-order valence-electron chi connectivity index (χ4n) is 3.27. The molecule has 1 aliphatic heterocycles. The standard InChI is InChI=1S/C25H31ClN2O/c1-18(12-13-23-20(3)27-15-14-25(23,4)5)8-6-9-19(2)16-24(29)28-22-11-7-10-21(26)17-22/h6-13,16-17,27H,14-15H2,1-5H3,(H,28,29)/b9-6+,13-12+,18-8+,19-16+. The van der Waals surface area contributed by atoms with Crippen LogP contribution in [0.3, 0.4) is 0 Å². The molecule has 29 heavy (non-hydrogen) atoms. The molecule has 1 aromatic carbocycles. The van der Waals surface area contributed by atoms with Crippen LogP contribution in [0.15, 0.2) is 83.1 Å². The number of rotatable bonds is 6. The number of hydrogen-bond donors (Lipinski definition) is 2. The fourth-order valence-corrected chi connectivity index (χ4v) is 3.46. The second-order valence-electron chi connectivity index (χ2n) is 8.09. The van der Waals surface area contributed by atoms with Gasteiger partial charge in [-0.25, -0.2) is 0 Å². The number of allylic oxidation sites excluding steroid dienone is 9. The molecule has 0 aliphatic carbocycles. The van der Waals surface area contributed by atoms with Crippen LogP contribution < -0.4 is 10.6 Å². The van der Waals surface area contributed by atoms with Crippen molar-refractivity contribution in [2.45, 2.75) is 41.0 Å². The van der Waals surface area contributed by atoms with Crippen LogP contribution in [0.2, 0.25) is 5.02 Å². The summed E-state index contributed by atoms with van der Waals surface area (Å²) in [6.45, 7) is 11.7. The zero-order valence-corrected chi connectivity index (χ0v) is 18.7. The smallest absolute Gasteiger partial charge is 0.248 e. The van der Waals surface area contributed by atoms with Gasteiger partial charge in [0.1, 0.15) is 0 Å². The summed E-state index contributed by atoms with van der Waals surface area (Å²) in [6, 6.07) is 7.10. The molecule has 0 spiro atoms. The van der Waals surface area contributed by atoms with Crippen molar-refractivity contribution in [3.63, 3.8) is 0 Å². The van der Waals surface area contributed by atoms with Gasteiger partial charge in [0.25, 0.3) is 0 Å². The van der Waals surface area contributed by atoms with Gasteiger partial charge in [0, 0.05) is 29.0 Å². The third-order valence-electron chi connectivity index (χ3n) is 4.96. The van der Waals surface area contributed by atoms with Gasteiger partial charge in [0.2, 0.25) is 5.91 Å². The first-order valence-corrected chi connectivity index (χ1v) is 10.3. The zero-order chi connectivity index (χ0) is 21.4. The van der Waals surface area contributed by atoms with Crippen molar-refractivity contribution in [2.24, 2.45) is 5.41 Å². The van der Waals surface area contributed by atoms with E-state index >= 15 is 0 Å². The second-order valence-corrected chi connectivity index (χ2v) is 8.53. The lowest BCUT2D eigenvalue weighted by Gasteiger charge is -2.33. The lowest BCUT2D eigenvalue weighted by molar-refractivity contribution is -0.111. The van der Waals surface area contributed by atoms with Crippen LogP contribution >= 0.6 is 11.6 Å². The molecule has 1 aromatic rings. The molecule has 0 unspecified atom stereocenters. The lowest BCUT2D eigenvalue weighted by Crippen LogP contribution is -2.31. The van der Waals surface area contributed by atoms with E-state index in [1.807, 2.05) is 31.2 Å². The van der Waals surface area contributed by atoms with Crippen molar-refractivity contribution in [1.82, 2.24) is 5.32 Å². The Hall–Kier alpha value is -2.52. The predicted octanol–water partition coefficient (Wildman–Crippen LogP) is 6.58. The molecule has 0 bridgehead atoms. The van der Waals surface area contributed by atoms with Crippen LogP contribution in [0.5, 0.6) is 0 Å². The van der Waals surface area contributed by atoms with E-state index in [9.17, 15) is 4.79 Å². The van der Waals surface area contributed by atoms with Crippen LogP contribution in [0.1, 0.15) is 41.0 Å². The molecule has 0 radical (unpaired) electrons. The van der Waals surface area contributed by atoms with E-state index in [2.05, 4.69) is 50.5 Å². The van der Waals surface area contributed by atoms with Gasteiger partial charge in [-0.05, 0) is 62.0 Å². The summed E-state index contributed by atoms with van der Waals surface area (Å²) in [4.78, 5) is 12.1. The molecule has 4 heteroatoms. The number of carbonyl (C=O) groups is 1. The summed E-state index contributed by atoms with van der Waals surface area (Å²) in [5.74, 6) is -0.176. The number of benzene rings is 1. The fraction of sp³-hybridized carbons (Fsp3) is 0.320. The van der Waals surface area contributed by atoms with Gasteiger partial charge in [-0.2, -0.15) is 0 Å². The average molecular weight is 411 g/mol. The van der Waals surface area contributed by atoms with Gasteiger partial charge in [0.15, 0.2) is 0 Å². The monoisotopic (exact) mass is 410 g/mol. The van der Waals surface area contributed by atoms with Crippen molar-refractivity contribution < 1.29 is 4.79 Å². The minimum atomic E-state index is -0.176. The van der Waals surface area contributed by atoms with Gasteiger partial charge in [-0.15, -0.1) is 0 Å². The van der Waals surface area contributed by atoms with E-state index in [-0.39, 0.29) is 11.3 Å². The summed E-state index contributed by atoms with van der Waals surface area (Å²) < 4.78 is 0. The van der Waals surface area contributed by atoms with Gasteiger partial charge >= 0.3 is 0 Å². The molecule has 0 saturated heterocycles. The number of nitrogens with one attached hydrogen (secondary N) is 2. The van der Waals surface area contributed by atoms with Gasteiger partial charge in [-0.1, -0.05) is 67.5 Å². The Morgan fingerprint density at radius 1 is 1.21 bits per heavy atom. The quantitative estimate of drug-likeness (QED) is 0.411. The summed E-state index contributed by atoms with van der Waals surface area (Å²) in [5, 5.41) is 6.85. The Labute approximate surface area is 179 Å². The van der Waals surface area contributed by atoms with E-state index < -0.39 is 0 Å². The highest BCUT2D eigenvalue weighted by Gasteiger charge is 2.26. The topological polar surface area (TPSA) is 41.1 Å². The van der Waals surface area contributed by atoms with Crippen LogP contribution in [-0.2, 0) is 4.79 Å². The Morgan fingerprint density at radius 2 is 1.97 bits per heavy atom. The molecule has 0 saturated carbocycles. The molecule has 2 N–H and O–H groups in total. The Balaban J connectivity index is 1.97. The highest BCUT2D eigenvalue weighted by Crippen LogP contribution is 2.35. The first kappa shape index (κ1) is 22.8. The maximum absolute atomic E-state index is 12.1. The van der Waals surface area contributed by atoms with Crippen molar-refractivity contribution in [3.05, 3.63) is 88.2 Å². The molecular formula is C25H31ClN2O. The SMILES string of the molecule is CC1=C(/C=C/C(C)=C/C=C/C(C)=C/C(=O)Nc2cccc(Cl)c2)C(C)(C)CCN1. The van der Waals surface area contributed by atoms with Gasteiger partial charge < -0.3 is 10.6 Å². The Morgan fingerprint density at radius 3 is 2.66 bits per heavy atom. The molecule has 1 amide bonds. The minimum absolute atomic E-state index is 0.176. The maximum Gasteiger partial charge on any atom is 0.248 e. The molecular weight excluding hydrogens is 380 g/mol. The van der Waals surface area contributed by atoms with E-state index in [0.717, 1.165) is 24.1 Å². The lowest BCUT2D eigenvalue weighted by atomic mass is 9.77. The molecule has 154 valence electrons. The van der Waals surface area contributed by atoms with E-state index in [1.165, 1.54) is 11.3 Å². The van der Waals surface area contributed by atoms with Gasteiger partial charge in [-0.3, -0.25) is 4.79 Å². The minimum Gasteiger partial charge on any atom is -0.388 e. The number of amides is 1. The molecule has 0 fully saturated rings. The number of carbonyl (C=O) groups excluding carboxylic acids is 1. The van der Waals surface area contributed by atoms with Crippen molar-refractivity contribution in [1.29, 1.82) is 0 Å². The second kappa shape index (κ2) is 10.3. The van der Waals surface area contributed by atoms with Crippen molar-refractivity contribution in [2.75, 3.05) is 11.9 Å². The summed E-state index contributed by atoms with van der Waals surface area (Å²) >= 11 is 5.93. The molecule has 0 aromatic heterocycles. The number of hydrogen-bond acceptors (Lipinski definition) is 2. The van der Waals surface area contributed by atoms with Crippen molar-refractivity contribution >= 4 is 23.2 Å². The first-order valence-electron chi connectivity index (χ1n) is 9.90. The van der Waals surface area contributed by atoms with Gasteiger partial charge in [0.05, 0.1) is 0 Å². The van der Waals surface area contributed by atoms with Crippen LogP contribution in [0.4, 0.5) is 5.69 Å². The average Bonchev–Trinajstić information content (AvgIpc) is 2.60. The number of halogens is 1. The van der Waals surface area contributed by atoms with Crippen LogP contribution in [-0.4, -0.2) is 12.5 Å². The molecule has 2 rings (SSSR count).